The molecule has 0 aromatic carbocycles. The van der Waals surface area contributed by atoms with E-state index < -0.39 is 5.97 Å². The minimum absolute atomic E-state index is 0.0293. The van der Waals surface area contributed by atoms with Gasteiger partial charge in [0, 0.05) is 25.9 Å². The van der Waals surface area contributed by atoms with Crippen LogP contribution in [0.5, 0.6) is 0 Å². The Hall–Kier alpha value is -2.15. The molecule has 2 unspecified atom stereocenters. The van der Waals surface area contributed by atoms with Crippen LogP contribution in [-0.2, 0) is 11.8 Å². The number of nitrogens with zero attached hydrogens (tertiary/aromatic N) is 3. The molecule has 2 atom stereocenters. The number of aryl methyl sites for hydroxylation is 2. The zero-order valence-corrected chi connectivity index (χ0v) is 14.3. The van der Waals surface area contributed by atoms with E-state index in [-0.39, 0.29) is 18.6 Å². The Morgan fingerprint density at radius 2 is 2.17 bits per heavy atom. The van der Waals surface area contributed by atoms with Gasteiger partial charge in [-0.1, -0.05) is 6.92 Å². The number of carbonyl (C=O) groups is 1. The lowest BCUT2D eigenvalue weighted by molar-refractivity contribution is 0.0527. The second kappa shape index (κ2) is 6.95. The number of aliphatic hydroxyl groups is 1. The van der Waals surface area contributed by atoms with Crippen molar-refractivity contribution in [1.29, 1.82) is 0 Å². The van der Waals surface area contributed by atoms with Gasteiger partial charge in [0.15, 0.2) is 5.65 Å². The average Bonchev–Trinajstić information content (AvgIpc) is 2.81. The Labute approximate surface area is 135 Å². The third-order valence-electron chi connectivity index (χ3n) is 4.04. The first kappa shape index (κ1) is 17.2. The number of aromatic nitrogens is 3. The highest BCUT2D eigenvalue weighted by Gasteiger charge is 2.23. The molecule has 2 rings (SSSR count). The van der Waals surface area contributed by atoms with Gasteiger partial charge in [-0.15, -0.1) is 0 Å². The molecular weight excluding hydrogens is 296 g/mol. The van der Waals surface area contributed by atoms with Crippen LogP contribution >= 0.6 is 0 Å². The first-order chi connectivity index (χ1) is 10.9. The highest BCUT2D eigenvalue weighted by molar-refractivity contribution is 6.05. The van der Waals surface area contributed by atoms with Gasteiger partial charge in [-0.3, -0.25) is 4.68 Å². The van der Waals surface area contributed by atoms with Gasteiger partial charge in [-0.05, 0) is 26.7 Å². The monoisotopic (exact) mass is 320 g/mol. The molecule has 23 heavy (non-hydrogen) atoms. The Bertz CT molecular complexity index is 711. The zero-order chi connectivity index (χ0) is 17.1. The van der Waals surface area contributed by atoms with Gasteiger partial charge in [-0.2, -0.15) is 5.10 Å². The molecule has 2 N–H and O–H groups in total. The molecule has 0 fully saturated rings. The van der Waals surface area contributed by atoms with Crippen LogP contribution < -0.4 is 5.32 Å². The Kier molecular flexibility index (Phi) is 5.20. The summed E-state index contributed by atoms with van der Waals surface area (Å²) in [4.78, 5) is 16.6. The smallest absolute Gasteiger partial charge is 0.341 e. The molecular formula is C16H24N4O3. The summed E-state index contributed by atoms with van der Waals surface area (Å²) in [5.41, 5.74) is 2.52. The van der Waals surface area contributed by atoms with E-state index in [2.05, 4.69) is 15.4 Å². The second-order valence-corrected chi connectivity index (χ2v) is 5.77. The summed E-state index contributed by atoms with van der Waals surface area (Å²) >= 11 is 0. The normalized spacial score (nSPS) is 13.8. The van der Waals surface area contributed by atoms with Crippen molar-refractivity contribution >= 4 is 22.7 Å². The van der Waals surface area contributed by atoms with Gasteiger partial charge in [0.2, 0.25) is 0 Å². The van der Waals surface area contributed by atoms with Crippen LogP contribution in [0.1, 0.15) is 36.8 Å². The van der Waals surface area contributed by atoms with Gasteiger partial charge >= 0.3 is 5.97 Å². The summed E-state index contributed by atoms with van der Waals surface area (Å²) in [5, 5.41) is 17.9. The van der Waals surface area contributed by atoms with Crippen LogP contribution in [0, 0.1) is 12.8 Å². The second-order valence-electron chi connectivity index (χ2n) is 5.77. The predicted molar refractivity (Wildman–Crippen MR) is 88.5 cm³/mol. The molecule has 7 heteroatoms. The maximum Gasteiger partial charge on any atom is 0.341 e. The van der Waals surface area contributed by atoms with Crippen LogP contribution in [-0.4, -0.2) is 45.1 Å². The summed E-state index contributed by atoms with van der Waals surface area (Å²) in [7, 11) is 1.82. The number of nitrogens with one attached hydrogen (secondary N) is 1. The summed E-state index contributed by atoms with van der Waals surface area (Å²) < 4.78 is 6.82. The number of pyridine rings is 1. The standard InChI is InChI=1S/C16H24N4O3/c1-6-23-16(22)12-7-17-15-13(11(4)19-20(15)5)14(12)18-10(3)9(2)8-21/h7,9-10,21H,6,8H2,1-5H3,(H,17,18). The highest BCUT2D eigenvalue weighted by Crippen LogP contribution is 2.30. The van der Waals surface area contributed by atoms with E-state index in [1.54, 1.807) is 11.6 Å². The maximum atomic E-state index is 12.3. The molecule has 0 bridgehead atoms. The fraction of sp³-hybridized carbons (Fsp3) is 0.562. The van der Waals surface area contributed by atoms with Crippen molar-refractivity contribution < 1.29 is 14.6 Å². The van der Waals surface area contributed by atoms with Crippen LogP contribution in [0.15, 0.2) is 6.20 Å². The molecule has 7 nitrogen and oxygen atoms in total. The van der Waals surface area contributed by atoms with Gasteiger partial charge in [-0.25, -0.2) is 9.78 Å². The fourth-order valence-electron chi connectivity index (χ4n) is 2.45. The van der Waals surface area contributed by atoms with Crippen molar-refractivity contribution in [2.75, 3.05) is 18.5 Å². The third-order valence-corrected chi connectivity index (χ3v) is 4.04. The van der Waals surface area contributed by atoms with Crippen LogP contribution in [0.25, 0.3) is 11.0 Å². The van der Waals surface area contributed by atoms with E-state index in [4.69, 9.17) is 4.74 Å². The minimum atomic E-state index is -0.420. The topological polar surface area (TPSA) is 89.3 Å². The van der Waals surface area contributed by atoms with E-state index in [0.717, 1.165) is 11.1 Å². The minimum Gasteiger partial charge on any atom is -0.462 e. The predicted octanol–water partition coefficient (Wildman–Crippen LogP) is 1.88. The number of hydrogen-bond donors (Lipinski definition) is 2. The summed E-state index contributed by atoms with van der Waals surface area (Å²) in [6.07, 6.45) is 1.51. The van der Waals surface area contributed by atoms with Crippen molar-refractivity contribution in [3.63, 3.8) is 0 Å². The molecule has 0 aliphatic carbocycles. The molecule has 0 aliphatic rings. The van der Waals surface area contributed by atoms with E-state index in [9.17, 15) is 9.90 Å². The van der Waals surface area contributed by atoms with Crippen LogP contribution in [0.3, 0.4) is 0 Å². The lowest BCUT2D eigenvalue weighted by Crippen LogP contribution is -2.27. The van der Waals surface area contributed by atoms with Gasteiger partial charge in [0.1, 0.15) is 5.56 Å². The average molecular weight is 320 g/mol. The third kappa shape index (κ3) is 3.29. The van der Waals surface area contributed by atoms with E-state index in [0.29, 0.717) is 23.5 Å². The molecule has 0 amide bonds. The highest BCUT2D eigenvalue weighted by atomic mass is 16.5. The number of rotatable bonds is 6. The molecule has 0 saturated heterocycles. The molecule has 2 aromatic heterocycles. The molecule has 2 aromatic rings. The van der Waals surface area contributed by atoms with Crippen molar-refractivity contribution in [3.8, 4) is 0 Å². The molecule has 2 heterocycles. The van der Waals surface area contributed by atoms with Gasteiger partial charge in [0.25, 0.3) is 0 Å². The van der Waals surface area contributed by atoms with E-state index in [1.807, 2.05) is 27.8 Å². The fourth-order valence-corrected chi connectivity index (χ4v) is 2.45. The number of hydrogen-bond acceptors (Lipinski definition) is 6. The lowest BCUT2D eigenvalue weighted by atomic mass is 10.0. The molecule has 126 valence electrons. The Morgan fingerprint density at radius 3 is 2.78 bits per heavy atom. The first-order valence-electron chi connectivity index (χ1n) is 7.77. The van der Waals surface area contributed by atoms with Gasteiger partial charge < -0.3 is 15.2 Å². The summed E-state index contributed by atoms with van der Waals surface area (Å²) in [5.74, 6) is -0.387. The quantitative estimate of drug-likeness (QED) is 0.790. The number of aliphatic hydroxyl groups excluding tert-OH is 1. The maximum absolute atomic E-state index is 12.3. The molecule has 0 spiro atoms. The largest absolute Gasteiger partial charge is 0.462 e. The molecule has 0 saturated carbocycles. The molecule has 0 radical (unpaired) electrons. The van der Waals surface area contributed by atoms with Crippen molar-refractivity contribution in [1.82, 2.24) is 14.8 Å². The Morgan fingerprint density at radius 1 is 1.48 bits per heavy atom. The number of esters is 1. The van der Waals surface area contributed by atoms with Gasteiger partial charge in [0.05, 0.1) is 23.4 Å². The lowest BCUT2D eigenvalue weighted by Gasteiger charge is -2.22. The van der Waals surface area contributed by atoms with Crippen LogP contribution in [0.2, 0.25) is 0 Å². The zero-order valence-electron chi connectivity index (χ0n) is 14.3. The summed E-state index contributed by atoms with van der Waals surface area (Å²) in [6.45, 7) is 7.91. The Balaban J connectivity index is 2.59. The molecule has 0 aliphatic heterocycles. The van der Waals surface area contributed by atoms with E-state index in [1.165, 1.54) is 6.20 Å². The number of carbonyl (C=O) groups excluding carboxylic acids is 1. The number of anilines is 1. The van der Waals surface area contributed by atoms with Crippen molar-refractivity contribution in [2.24, 2.45) is 13.0 Å². The first-order valence-corrected chi connectivity index (χ1v) is 7.77. The summed E-state index contributed by atoms with van der Waals surface area (Å²) in [6, 6.07) is -0.0293. The van der Waals surface area contributed by atoms with Crippen molar-refractivity contribution in [2.45, 2.75) is 33.7 Å². The van der Waals surface area contributed by atoms with Crippen LogP contribution in [0.4, 0.5) is 5.69 Å². The number of ether oxygens (including phenoxy) is 1. The van der Waals surface area contributed by atoms with E-state index >= 15 is 0 Å². The number of fused-ring (bicyclic) bond motifs is 1. The SMILES string of the molecule is CCOC(=O)c1cnc2c(c(C)nn2C)c1NC(C)C(C)CO. The van der Waals surface area contributed by atoms with Crippen molar-refractivity contribution in [3.05, 3.63) is 17.5 Å².